The first-order chi connectivity index (χ1) is 13.8. The van der Waals surface area contributed by atoms with Gasteiger partial charge in [0.1, 0.15) is 5.69 Å². The van der Waals surface area contributed by atoms with E-state index in [-0.39, 0.29) is 22.4 Å². The molecule has 0 radical (unpaired) electrons. The Morgan fingerprint density at radius 2 is 1.72 bits per heavy atom. The number of carbonyl (C=O) groups is 1. The van der Waals surface area contributed by atoms with Crippen LogP contribution >= 0.6 is 0 Å². The van der Waals surface area contributed by atoms with Gasteiger partial charge in [-0.1, -0.05) is 0 Å². The summed E-state index contributed by atoms with van der Waals surface area (Å²) in [6.07, 6.45) is 4.93. The number of amides is 1. The number of nitrogens with zero attached hydrogens (tertiary/aromatic N) is 3. The molecule has 0 spiro atoms. The van der Waals surface area contributed by atoms with Crippen molar-refractivity contribution < 1.29 is 18.1 Å². The third-order valence-electron chi connectivity index (χ3n) is 7.52. The van der Waals surface area contributed by atoms with Crippen molar-refractivity contribution in [1.82, 2.24) is 4.90 Å². The van der Waals surface area contributed by atoms with Crippen LogP contribution in [-0.2, 0) is 14.6 Å². The number of sulfone groups is 1. The van der Waals surface area contributed by atoms with Crippen molar-refractivity contribution in [2.45, 2.75) is 24.2 Å². The molecule has 4 aliphatic rings. The maximum absolute atomic E-state index is 13.0. The van der Waals surface area contributed by atoms with E-state index < -0.39 is 14.8 Å². The van der Waals surface area contributed by atoms with Crippen molar-refractivity contribution in [3.63, 3.8) is 0 Å². The molecule has 29 heavy (non-hydrogen) atoms. The summed E-state index contributed by atoms with van der Waals surface area (Å²) < 4.78 is 23.5. The normalized spacial score (nSPS) is 32.9. The van der Waals surface area contributed by atoms with Gasteiger partial charge in [0.15, 0.2) is 9.84 Å². The molecule has 9 heteroatoms. The standard InChI is InChI=1S/C20H25N3O5S/c1-29(27,28)14-4-5-15(16(11-14)23(25)26)21-6-8-22(9-7-21)20(24)19-17-12-2-3-13(10-12)18(17)19/h4-5,11-13,17-19H,2-3,6-10H2,1H3. The summed E-state index contributed by atoms with van der Waals surface area (Å²) >= 11 is 0. The Morgan fingerprint density at radius 1 is 1.10 bits per heavy atom. The number of hydrogen-bond acceptors (Lipinski definition) is 6. The van der Waals surface area contributed by atoms with E-state index in [9.17, 15) is 23.3 Å². The smallest absolute Gasteiger partial charge is 0.293 e. The second kappa shape index (κ2) is 6.42. The quantitative estimate of drug-likeness (QED) is 0.546. The lowest BCUT2D eigenvalue weighted by Crippen LogP contribution is -2.49. The van der Waals surface area contributed by atoms with Crippen LogP contribution in [-0.4, -0.2) is 56.6 Å². The van der Waals surface area contributed by atoms with Gasteiger partial charge in [0.25, 0.3) is 5.69 Å². The first kappa shape index (κ1) is 18.8. The molecule has 1 heterocycles. The van der Waals surface area contributed by atoms with Gasteiger partial charge in [-0.25, -0.2) is 8.42 Å². The fourth-order valence-electron chi connectivity index (χ4n) is 6.18. The van der Waals surface area contributed by atoms with E-state index in [2.05, 4.69) is 0 Å². The molecular formula is C20H25N3O5S. The molecule has 5 rings (SSSR count). The van der Waals surface area contributed by atoms with Crippen LogP contribution in [0.25, 0.3) is 0 Å². The average molecular weight is 420 g/mol. The summed E-state index contributed by atoms with van der Waals surface area (Å²) in [6.45, 7) is 2.13. The second-order valence-corrected chi connectivity index (χ2v) is 11.0. The first-order valence-electron chi connectivity index (χ1n) is 10.3. The Kier molecular flexibility index (Phi) is 4.17. The van der Waals surface area contributed by atoms with Crippen molar-refractivity contribution in [2.24, 2.45) is 29.6 Å². The molecule has 1 aromatic carbocycles. The molecule has 3 aliphatic carbocycles. The van der Waals surface area contributed by atoms with Gasteiger partial charge < -0.3 is 9.80 Å². The number of carbonyl (C=O) groups excluding carboxylic acids is 1. The van der Waals surface area contributed by atoms with E-state index in [1.807, 2.05) is 9.80 Å². The van der Waals surface area contributed by atoms with Gasteiger partial charge in [0.2, 0.25) is 5.91 Å². The lowest BCUT2D eigenvalue weighted by Gasteiger charge is -2.36. The van der Waals surface area contributed by atoms with Crippen molar-refractivity contribution in [3.05, 3.63) is 28.3 Å². The van der Waals surface area contributed by atoms with Gasteiger partial charge in [-0.2, -0.15) is 0 Å². The van der Waals surface area contributed by atoms with E-state index in [1.165, 1.54) is 31.4 Å². The lowest BCUT2D eigenvalue weighted by molar-refractivity contribution is -0.384. The van der Waals surface area contributed by atoms with Gasteiger partial charge in [-0.3, -0.25) is 14.9 Å². The number of fused-ring (bicyclic) bond motifs is 5. The van der Waals surface area contributed by atoms with E-state index >= 15 is 0 Å². The second-order valence-electron chi connectivity index (χ2n) is 9.01. The van der Waals surface area contributed by atoms with E-state index in [0.29, 0.717) is 43.7 Å². The highest BCUT2D eigenvalue weighted by atomic mass is 32.2. The monoisotopic (exact) mass is 419 g/mol. The summed E-state index contributed by atoms with van der Waals surface area (Å²) in [5.41, 5.74) is 0.205. The van der Waals surface area contributed by atoms with Crippen LogP contribution in [0.1, 0.15) is 19.3 Å². The number of rotatable bonds is 4. The van der Waals surface area contributed by atoms with E-state index in [4.69, 9.17) is 0 Å². The first-order valence-corrected chi connectivity index (χ1v) is 12.2. The number of nitro groups is 1. The molecule has 2 bridgehead atoms. The Hall–Kier alpha value is -2.16. The highest BCUT2D eigenvalue weighted by Gasteiger charge is 2.68. The molecule has 1 saturated heterocycles. The SMILES string of the molecule is CS(=O)(=O)c1ccc(N2CCN(C(=O)C3C4C5CCC(C5)C34)CC2)c([N+](=O)[O-])c1. The van der Waals surface area contributed by atoms with Gasteiger partial charge in [-0.15, -0.1) is 0 Å². The van der Waals surface area contributed by atoms with Gasteiger partial charge in [0, 0.05) is 44.4 Å². The molecular weight excluding hydrogens is 394 g/mol. The van der Waals surface area contributed by atoms with E-state index in [0.717, 1.165) is 24.2 Å². The Morgan fingerprint density at radius 3 is 2.28 bits per heavy atom. The summed E-state index contributed by atoms with van der Waals surface area (Å²) in [5, 5.41) is 11.5. The number of nitro benzene ring substituents is 1. The fourth-order valence-corrected chi connectivity index (χ4v) is 6.82. The number of anilines is 1. The molecule has 1 aliphatic heterocycles. The molecule has 3 saturated carbocycles. The highest BCUT2D eigenvalue weighted by molar-refractivity contribution is 7.90. The fraction of sp³-hybridized carbons (Fsp3) is 0.650. The summed E-state index contributed by atoms with van der Waals surface area (Å²) in [6, 6.07) is 4.05. The highest BCUT2D eigenvalue weighted by Crippen LogP contribution is 2.69. The Balaban J connectivity index is 1.27. The molecule has 8 nitrogen and oxygen atoms in total. The molecule has 1 aromatic rings. The summed E-state index contributed by atoms with van der Waals surface area (Å²) in [4.78, 5) is 27.7. The lowest BCUT2D eigenvalue weighted by atomic mass is 10.0. The zero-order chi connectivity index (χ0) is 20.5. The molecule has 4 atom stereocenters. The van der Waals surface area contributed by atoms with Crippen LogP contribution in [0.15, 0.2) is 23.1 Å². The predicted octanol–water partition coefficient (Wildman–Crippen LogP) is 1.94. The van der Waals surface area contributed by atoms with Crippen LogP contribution in [0.2, 0.25) is 0 Å². The van der Waals surface area contributed by atoms with Crippen molar-refractivity contribution in [3.8, 4) is 0 Å². The molecule has 4 fully saturated rings. The van der Waals surface area contributed by atoms with Crippen LogP contribution in [0.3, 0.4) is 0 Å². The molecule has 4 unspecified atom stereocenters. The minimum atomic E-state index is -3.52. The van der Waals surface area contributed by atoms with Crippen molar-refractivity contribution in [1.29, 1.82) is 0 Å². The van der Waals surface area contributed by atoms with Crippen molar-refractivity contribution >= 4 is 27.1 Å². The minimum absolute atomic E-state index is 0.0586. The maximum atomic E-state index is 13.0. The van der Waals surface area contributed by atoms with Crippen LogP contribution < -0.4 is 4.90 Å². The molecule has 156 valence electrons. The largest absolute Gasteiger partial charge is 0.362 e. The van der Waals surface area contributed by atoms with E-state index in [1.54, 1.807) is 0 Å². The minimum Gasteiger partial charge on any atom is -0.362 e. The topological polar surface area (TPSA) is 101 Å². The molecule has 0 aromatic heterocycles. The third kappa shape index (κ3) is 3.01. The van der Waals surface area contributed by atoms with Gasteiger partial charge >= 0.3 is 0 Å². The molecule has 0 N–H and O–H groups in total. The third-order valence-corrected chi connectivity index (χ3v) is 8.63. The Bertz CT molecular complexity index is 970. The maximum Gasteiger partial charge on any atom is 0.293 e. The summed E-state index contributed by atoms with van der Waals surface area (Å²) in [5.74, 6) is 3.25. The van der Waals surface area contributed by atoms with Crippen molar-refractivity contribution in [2.75, 3.05) is 37.3 Å². The van der Waals surface area contributed by atoms with Gasteiger partial charge in [-0.05, 0) is 55.1 Å². The predicted molar refractivity (Wildman–Crippen MR) is 106 cm³/mol. The summed E-state index contributed by atoms with van der Waals surface area (Å²) in [7, 11) is -3.52. The van der Waals surface area contributed by atoms with Gasteiger partial charge in [0.05, 0.1) is 9.82 Å². The van der Waals surface area contributed by atoms with Crippen LogP contribution in [0.4, 0.5) is 11.4 Å². The van der Waals surface area contributed by atoms with Crippen LogP contribution in [0.5, 0.6) is 0 Å². The zero-order valence-corrected chi connectivity index (χ0v) is 17.2. The Labute approximate surface area is 169 Å². The number of hydrogen-bond donors (Lipinski definition) is 0. The average Bonchev–Trinajstić information content (AvgIpc) is 3.12. The zero-order valence-electron chi connectivity index (χ0n) is 16.4. The molecule has 1 amide bonds. The van der Waals surface area contributed by atoms with Crippen LogP contribution in [0, 0.1) is 39.7 Å². The number of benzene rings is 1. The number of piperazine rings is 1.